The Bertz CT molecular complexity index is 1050. The fourth-order valence-electron chi connectivity index (χ4n) is 2.51. The lowest BCUT2D eigenvalue weighted by atomic mass is 10.2. The minimum Gasteiger partial charge on any atom is -0.497 e. The molecule has 3 rings (SSSR count). The van der Waals surface area contributed by atoms with Crippen molar-refractivity contribution in [1.82, 2.24) is 0 Å². The lowest BCUT2D eigenvalue weighted by molar-refractivity contribution is 0.0734. The molecule has 0 saturated heterocycles. The molecule has 0 radical (unpaired) electrons. The Morgan fingerprint density at radius 2 is 1.39 bits per heavy atom. The zero-order chi connectivity index (χ0) is 20.1. The van der Waals surface area contributed by atoms with Crippen LogP contribution in [0.3, 0.4) is 0 Å². The summed E-state index contributed by atoms with van der Waals surface area (Å²) in [6.07, 6.45) is 0. The average molecular weight is 397 g/mol. The van der Waals surface area contributed by atoms with Gasteiger partial charge in [0.05, 0.1) is 23.3 Å². The predicted octanol–water partition coefficient (Wildman–Crippen LogP) is 3.74. The van der Waals surface area contributed by atoms with E-state index in [2.05, 4.69) is 0 Å². The van der Waals surface area contributed by atoms with E-state index in [1.807, 2.05) is 6.07 Å². The van der Waals surface area contributed by atoms with Crippen LogP contribution in [-0.2, 0) is 10.0 Å². The van der Waals surface area contributed by atoms with Gasteiger partial charge in [0.15, 0.2) is 0 Å². The molecule has 0 unspecified atom stereocenters. The zero-order valence-electron chi connectivity index (χ0n) is 15.4. The van der Waals surface area contributed by atoms with Crippen molar-refractivity contribution in [2.75, 3.05) is 18.5 Å². The first-order valence-electron chi connectivity index (χ1n) is 8.42. The van der Waals surface area contributed by atoms with Crippen molar-refractivity contribution < 1.29 is 22.7 Å². The molecule has 144 valence electrons. The van der Waals surface area contributed by atoms with Crippen molar-refractivity contribution in [3.05, 3.63) is 84.4 Å². The smallest absolute Gasteiger partial charge is 0.343 e. The minimum absolute atomic E-state index is 0.149. The van der Waals surface area contributed by atoms with E-state index in [9.17, 15) is 13.2 Å². The molecule has 0 spiro atoms. The molecule has 0 heterocycles. The van der Waals surface area contributed by atoms with Crippen LogP contribution in [0.4, 0.5) is 5.69 Å². The van der Waals surface area contributed by atoms with E-state index in [1.54, 1.807) is 60.7 Å². The summed E-state index contributed by atoms with van der Waals surface area (Å²) >= 11 is 0. The zero-order valence-corrected chi connectivity index (χ0v) is 16.2. The van der Waals surface area contributed by atoms with Crippen LogP contribution < -0.4 is 13.8 Å². The first kappa shape index (κ1) is 19.4. The third kappa shape index (κ3) is 4.15. The predicted molar refractivity (Wildman–Crippen MR) is 106 cm³/mol. The number of sulfonamides is 1. The quantitative estimate of drug-likeness (QED) is 0.468. The summed E-state index contributed by atoms with van der Waals surface area (Å²) in [5.74, 6) is 0.423. The van der Waals surface area contributed by atoms with E-state index in [-0.39, 0.29) is 4.90 Å². The number of rotatable bonds is 6. The van der Waals surface area contributed by atoms with Crippen molar-refractivity contribution >= 4 is 21.7 Å². The van der Waals surface area contributed by atoms with Gasteiger partial charge in [0.2, 0.25) is 0 Å². The molecule has 3 aromatic carbocycles. The lowest BCUT2D eigenvalue weighted by Crippen LogP contribution is -2.26. The van der Waals surface area contributed by atoms with Gasteiger partial charge in [-0.3, -0.25) is 4.31 Å². The summed E-state index contributed by atoms with van der Waals surface area (Å²) in [7, 11) is -0.747. The molecule has 0 aliphatic heterocycles. The van der Waals surface area contributed by atoms with Crippen molar-refractivity contribution in [1.29, 1.82) is 0 Å². The number of nitrogens with zero attached hydrogens (tertiary/aromatic N) is 1. The molecule has 0 aliphatic rings. The van der Waals surface area contributed by atoms with Gasteiger partial charge in [0, 0.05) is 7.05 Å². The van der Waals surface area contributed by atoms with Crippen molar-refractivity contribution in [3.63, 3.8) is 0 Å². The fourth-order valence-corrected chi connectivity index (χ4v) is 3.70. The maximum absolute atomic E-state index is 12.8. The molecule has 3 aromatic rings. The SMILES string of the molecule is COc1ccc(S(=O)(=O)N(C)c2ccc(OC(=O)c3ccccc3)cc2)cc1. The number of anilines is 1. The number of carbonyl (C=O) groups excluding carboxylic acids is 1. The molecule has 0 N–H and O–H groups in total. The Kier molecular flexibility index (Phi) is 5.65. The van der Waals surface area contributed by atoms with Crippen LogP contribution in [0.25, 0.3) is 0 Å². The second-order valence-corrected chi connectivity index (χ2v) is 7.87. The third-order valence-electron chi connectivity index (χ3n) is 4.14. The van der Waals surface area contributed by atoms with E-state index < -0.39 is 16.0 Å². The number of esters is 1. The Morgan fingerprint density at radius 3 is 1.96 bits per heavy atom. The van der Waals surface area contributed by atoms with Gasteiger partial charge in [-0.05, 0) is 60.7 Å². The molecular formula is C21H19NO5S. The first-order valence-corrected chi connectivity index (χ1v) is 9.86. The van der Waals surface area contributed by atoms with Gasteiger partial charge in [-0.2, -0.15) is 0 Å². The van der Waals surface area contributed by atoms with Crippen molar-refractivity contribution in [2.24, 2.45) is 0 Å². The normalized spacial score (nSPS) is 10.9. The van der Waals surface area contributed by atoms with Crippen molar-refractivity contribution in [2.45, 2.75) is 4.90 Å². The van der Waals surface area contributed by atoms with E-state index in [4.69, 9.17) is 9.47 Å². The standard InChI is InChI=1S/C21H19NO5S/c1-22(28(24,25)20-14-12-18(26-2)13-15-20)17-8-10-19(11-9-17)27-21(23)16-6-4-3-5-7-16/h3-15H,1-2H3. The van der Waals surface area contributed by atoms with Crippen LogP contribution in [-0.4, -0.2) is 28.5 Å². The van der Waals surface area contributed by atoms with Gasteiger partial charge < -0.3 is 9.47 Å². The third-order valence-corrected chi connectivity index (χ3v) is 5.94. The van der Waals surface area contributed by atoms with Gasteiger partial charge in [-0.1, -0.05) is 18.2 Å². The van der Waals surface area contributed by atoms with Crippen LogP contribution in [0.2, 0.25) is 0 Å². The van der Waals surface area contributed by atoms with Gasteiger partial charge in [0.25, 0.3) is 10.0 Å². The molecule has 7 heteroatoms. The van der Waals surface area contributed by atoms with Crippen LogP contribution in [0, 0.1) is 0 Å². The molecule has 28 heavy (non-hydrogen) atoms. The number of benzene rings is 3. The van der Waals surface area contributed by atoms with Gasteiger partial charge in [-0.15, -0.1) is 0 Å². The maximum Gasteiger partial charge on any atom is 0.343 e. The number of hydrogen-bond acceptors (Lipinski definition) is 5. The van der Waals surface area contributed by atoms with E-state index in [0.29, 0.717) is 22.7 Å². The van der Waals surface area contributed by atoms with E-state index in [1.165, 1.54) is 26.3 Å². The highest BCUT2D eigenvalue weighted by atomic mass is 32.2. The Balaban J connectivity index is 1.75. The summed E-state index contributed by atoms with van der Waals surface area (Å²) in [5, 5.41) is 0. The highest BCUT2D eigenvalue weighted by Gasteiger charge is 2.21. The van der Waals surface area contributed by atoms with Gasteiger partial charge in [-0.25, -0.2) is 13.2 Å². The van der Waals surface area contributed by atoms with Gasteiger partial charge >= 0.3 is 5.97 Å². The highest BCUT2D eigenvalue weighted by molar-refractivity contribution is 7.92. The topological polar surface area (TPSA) is 72.9 Å². The molecule has 0 saturated carbocycles. The van der Waals surface area contributed by atoms with Crippen LogP contribution in [0.1, 0.15) is 10.4 Å². The molecule has 0 aromatic heterocycles. The fraction of sp³-hybridized carbons (Fsp3) is 0.0952. The molecule has 0 aliphatic carbocycles. The summed E-state index contributed by atoms with van der Waals surface area (Å²) in [4.78, 5) is 12.2. The summed E-state index contributed by atoms with van der Waals surface area (Å²) < 4.78 is 37.1. The number of hydrogen-bond donors (Lipinski definition) is 0. The van der Waals surface area contributed by atoms with Crippen LogP contribution in [0.15, 0.2) is 83.8 Å². The Morgan fingerprint density at radius 1 is 0.821 bits per heavy atom. The second-order valence-electron chi connectivity index (χ2n) is 5.90. The molecule has 0 amide bonds. The molecule has 0 bridgehead atoms. The Hall–Kier alpha value is -3.32. The van der Waals surface area contributed by atoms with E-state index in [0.717, 1.165) is 4.31 Å². The lowest BCUT2D eigenvalue weighted by Gasteiger charge is -2.20. The number of carbonyl (C=O) groups is 1. The van der Waals surface area contributed by atoms with Crippen molar-refractivity contribution in [3.8, 4) is 11.5 Å². The molecule has 6 nitrogen and oxygen atoms in total. The highest BCUT2D eigenvalue weighted by Crippen LogP contribution is 2.25. The first-order chi connectivity index (χ1) is 13.4. The maximum atomic E-state index is 12.8. The summed E-state index contributed by atoms with van der Waals surface area (Å²) in [6.45, 7) is 0. The monoisotopic (exact) mass is 397 g/mol. The molecular weight excluding hydrogens is 378 g/mol. The minimum atomic E-state index is -3.73. The molecule has 0 atom stereocenters. The summed E-state index contributed by atoms with van der Waals surface area (Å²) in [6, 6.07) is 21.0. The second kappa shape index (κ2) is 8.14. The average Bonchev–Trinajstić information content (AvgIpc) is 2.74. The number of ether oxygens (including phenoxy) is 2. The molecule has 0 fully saturated rings. The van der Waals surface area contributed by atoms with Crippen LogP contribution >= 0.6 is 0 Å². The van der Waals surface area contributed by atoms with E-state index >= 15 is 0 Å². The number of methoxy groups -OCH3 is 1. The Labute approximate surface area is 164 Å². The van der Waals surface area contributed by atoms with Crippen LogP contribution in [0.5, 0.6) is 11.5 Å². The largest absolute Gasteiger partial charge is 0.497 e. The van der Waals surface area contributed by atoms with Gasteiger partial charge in [0.1, 0.15) is 11.5 Å². The summed E-state index contributed by atoms with van der Waals surface area (Å²) in [5.41, 5.74) is 0.876.